The van der Waals surface area contributed by atoms with Crippen LogP contribution in [0.25, 0.3) is 0 Å². The standard InChI is InChI=1S/C17H24N6O/c1-24-16-6-7-18-17(19-16)23-10-8-22(9-11-23)12-15-13-4-2-3-5-14(13)20-21-15/h6-7H,2-5,8-12H2,1H3,(H,20,21). The van der Waals surface area contributed by atoms with E-state index in [-0.39, 0.29) is 0 Å². The number of nitrogens with one attached hydrogen (secondary N) is 1. The average molecular weight is 328 g/mol. The number of rotatable bonds is 4. The zero-order chi connectivity index (χ0) is 16.4. The van der Waals surface area contributed by atoms with Gasteiger partial charge in [0.1, 0.15) is 0 Å². The zero-order valence-electron chi connectivity index (χ0n) is 14.2. The predicted octanol–water partition coefficient (Wildman–Crippen LogP) is 1.41. The third kappa shape index (κ3) is 3.08. The van der Waals surface area contributed by atoms with E-state index in [9.17, 15) is 0 Å². The van der Waals surface area contributed by atoms with Crippen molar-refractivity contribution in [3.05, 3.63) is 29.2 Å². The summed E-state index contributed by atoms with van der Waals surface area (Å²) >= 11 is 0. The summed E-state index contributed by atoms with van der Waals surface area (Å²) in [5, 5.41) is 7.81. The highest BCUT2D eigenvalue weighted by Gasteiger charge is 2.23. The minimum Gasteiger partial charge on any atom is -0.481 e. The van der Waals surface area contributed by atoms with Crippen molar-refractivity contribution >= 4 is 5.95 Å². The largest absolute Gasteiger partial charge is 0.481 e. The number of fused-ring (bicyclic) bond motifs is 1. The van der Waals surface area contributed by atoms with Gasteiger partial charge in [-0.25, -0.2) is 4.98 Å². The molecule has 4 rings (SSSR count). The molecule has 2 aromatic rings. The van der Waals surface area contributed by atoms with Crippen LogP contribution < -0.4 is 9.64 Å². The van der Waals surface area contributed by atoms with Gasteiger partial charge in [0.2, 0.25) is 11.8 Å². The summed E-state index contributed by atoms with van der Waals surface area (Å²) in [4.78, 5) is 13.5. The fourth-order valence-corrected chi connectivity index (χ4v) is 3.60. The van der Waals surface area contributed by atoms with Gasteiger partial charge in [0.05, 0.1) is 12.8 Å². The third-order valence-electron chi connectivity index (χ3n) is 5.00. The molecule has 24 heavy (non-hydrogen) atoms. The molecule has 0 amide bonds. The van der Waals surface area contributed by atoms with E-state index in [0.29, 0.717) is 5.88 Å². The van der Waals surface area contributed by atoms with Gasteiger partial charge in [0.25, 0.3) is 0 Å². The predicted molar refractivity (Wildman–Crippen MR) is 91.3 cm³/mol. The van der Waals surface area contributed by atoms with Crippen LogP contribution >= 0.6 is 0 Å². The topological polar surface area (TPSA) is 70.2 Å². The average Bonchev–Trinajstić information content (AvgIpc) is 3.05. The van der Waals surface area contributed by atoms with E-state index < -0.39 is 0 Å². The number of ether oxygens (including phenoxy) is 1. The Morgan fingerprint density at radius 1 is 1.17 bits per heavy atom. The highest BCUT2D eigenvalue weighted by Crippen LogP contribution is 2.23. The maximum Gasteiger partial charge on any atom is 0.228 e. The first kappa shape index (κ1) is 15.4. The van der Waals surface area contributed by atoms with Crippen LogP contribution in [0.1, 0.15) is 29.8 Å². The molecule has 0 bridgehead atoms. The van der Waals surface area contributed by atoms with Crippen LogP contribution in [0.5, 0.6) is 5.88 Å². The molecule has 3 heterocycles. The molecule has 1 aliphatic heterocycles. The summed E-state index contributed by atoms with van der Waals surface area (Å²) < 4.78 is 5.19. The molecular formula is C17H24N6O. The Hall–Kier alpha value is -2.15. The quantitative estimate of drug-likeness (QED) is 0.915. The fraction of sp³-hybridized carbons (Fsp3) is 0.588. The molecule has 7 heteroatoms. The zero-order valence-corrected chi connectivity index (χ0v) is 14.2. The van der Waals surface area contributed by atoms with E-state index in [0.717, 1.165) is 45.1 Å². The lowest BCUT2D eigenvalue weighted by atomic mass is 9.96. The molecule has 1 fully saturated rings. The Morgan fingerprint density at radius 3 is 2.83 bits per heavy atom. The van der Waals surface area contributed by atoms with Gasteiger partial charge in [-0.15, -0.1) is 0 Å². The summed E-state index contributed by atoms with van der Waals surface area (Å²) in [6.07, 6.45) is 6.67. The lowest BCUT2D eigenvalue weighted by Crippen LogP contribution is -2.46. The van der Waals surface area contributed by atoms with Crippen molar-refractivity contribution in [2.75, 3.05) is 38.2 Å². The molecule has 0 aromatic carbocycles. The van der Waals surface area contributed by atoms with Crippen LogP contribution in [0, 0.1) is 0 Å². The molecule has 1 saturated heterocycles. The minimum atomic E-state index is 0.616. The van der Waals surface area contributed by atoms with Crippen LogP contribution in [0.3, 0.4) is 0 Å². The SMILES string of the molecule is COc1ccnc(N2CCN(Cc3n[nH]c4c3CCCC4)CC2)n1. The smallest absolute Gasteiger partial charge is 0.228 e. The van der Waals surface area contributed by atoms with Crippen molar-refractivity contribution in [3.63, 3.8) is 0 Å². The number of hydrogen-bond acceptors (Lipinski definition) is 6. The highest BCUT2D eigenvalue weighted by atomic mass is 16.5. The molecule has 0 unspecified atom stereocenters. The van der Waals surface area contributed by atoms with Crippen molar-refractivity contribution < 1.29 is 4.74 Å². The molecule has 128 valence electrons. The van der Waals surface area contributed by atoms with Gasteiger partial charge in [-0.05, 0) is 31.2 Å². The van der Waals surface area contributed by atoms with Gasteiger partial charge in [0, 0.05) is 50.7 Å². The Kier molecular flexibility index (Phi) is 4.34. The summed E-state index contributed by atoms with van der Waals surface area (Å²) in [6, 6.07) is 1.78. The maximum atomic E-state index is 5.19. The number of anilines is 1. The molecular weight excluding hydrogens is 304 g/mol. The second-order valence-electron chi connectivity index (χ2n) is 6.50. The van der Waals surface area contributed by atoms with Gasteiger partial charge < -0.3 is 9.64 Å². The number of aromatic amines is 1. The number of hydrogen-bond donors (Lipinski definition) is 1. The summed E-state index contributed by atoms with van der Waals surface area (Å²) in [5.41, 5.74) is 4.08. The van der Waals surface area contributed by atoms with E-state index in [1.54, 1.807) is 19.4 Å². The highest BCUT2D eigenvalue weighted by molar-refractivity contribution is 5.33. The molecule has 0 spiro atoms. The van der Waals surface area contributed by atoms with Crippen LogP contribution in [-0.2, 0) is 19.4 Å². The number of H-pyrrole nitrogens is 1. The van der Waals surface area contributed by atoms with Crippen molar-refractivity contribution in [3.8, 4) is 5.88 Å². The fourth-order valence-electron chi connectivity index (χ4n) is 3.60. The minimum absolute atomic E-state index is 0.616. The molecule has 2 aliphatic rings. The number of aryl methyl sites for hydroxylation is 1. The Balaban J connectivity index is 1.37. The molecule has 0 radical (unpaired) electrons. The van der Waals surface area contributed by atoms with E-state index in [2.05, 4.69) is 30.0 Å². The van der Waals surface area contributed by atoms with Gasteiger partial charge in [0.15, 0.2) is 0 Å². The molecule has 1 N–H and O–H groups in total. The summed E-state index contributed by atoms with van der Waals surface area (Å²) in [6.45, 7) is 4.81. The first-order valence-corrected chi connectivity index (χ1v) is 8.73. The summed E-state index contributed by atoms with van der Waals surface area (Å²) in [7, 11) is 1.63. The second-order valence-corrected chi connectivity index (χ2v) is 6.50. The van der Waals surface area contributed by atoms with Crippen molar-refractivity contribution in [2.24, 2.45) is 0 Å². The Labute approximate surface area is 142 Å². The molecule has 1 aliphatic carbocycles. The number of piperazine rings is 1. The molecule has 7 nitrogen and oxygen atoms in total. The third-order valence-corrected chi connectivity index (χ3v) is 5.00. The van der Waals surface area contributed by atoms with Gasteiger partial charge in [-0.2, -0.15) is 10.1 Å². The second kappa shape index (κ2) is 6.76. The number of nitrogens with zero attached hydrogens (tertiary/aromatic N) is 5. The molecule has 0 saturated carbocycles. The van der Waals surface area contributed by atoms with Crippen LogP contribution in [-0.4, -0.2) is 58.4 Å². The van der Waals surface area contributed by atoms with E-state index in [4.69, 9.17) is 4.74 Å². The van der Waals surface area contributed by atoms with Crippen molar-refractivity contribution in [2.45, 2.75) is 32.2 Å². The molecule has 0 atom stereocenters. The van der Waals surface area contributed by atoms with Gasteiger partial charge in [-0.1, -0.05) is 0 Å². The van der Waals surface area contributed by atoms with Crippen LogP contribution in [0.15, 0.2) is 12.3 Å². The van der Waals surface area contributed by atoms with Crippen molar-refractivity contribution in [1.82, 2.24) is 25.1 Å². The van der Waals surface area contributed by atoms with E-state index >= 15 is 0 Å². The summed E-state index contributed by atoms with van der Waals surface area (Å²) in [5.74, 6) is 1.37. The molecule has 2 aromatic heterocycles. The van der Waals surface area contributed by atoms with Crippen LogP contribution in [0.4, 0.5) is 5.95 Å². The van der Waals surface area contributed by atoms with E-state index in [1.807, 2.05) is 0 Å². The first-order chi connectivity index (χ1) is 11.8. The van der Waals surface area contributed by atoms with Crippen molar-refractivity contribution in [1.29, 1.82) is 0 Å². The normalized spacial score (nSPS) is 18.5. The Bertz CT molecular complexity index is 692. The van der Waals surface area contributed by atoms with Gasteiger partial charge >= 0.3 is 0 Å². The number of methoxy groups -OCH3 is 1. The van der Waals surface area contributed by atoms with E-state index in [1.165, 1.54) is 36.2 Å². The van der Waals surface area contributed by atoms with Crippen LogP contribution in [0.2, 0.25) is 0 Å². The first-order valence-electron chi connectivity index (χ1n) is 8.73. The lowest BCUT2D eigenvalue weighted by Gasteiger charge is -2.34. The van der Waals surface area contributed by atoms with Gasteiger partial charge in [-0.3, -0.25) is 10.00 Å². The maximum absolute atomic E-state index is 5.19. The Morgan fingerprint density at radius 2 is 2.00 bits per heavy atom. The lowest BCUT2D eigenvalue weighted by molar-refractivity contribution is 0.245. The number of aromatic nitrogens is 4. The monoisotopic (exact) mass is 328 g/mol.